The highest BCUT2D eigenvalue weighted by molar-refractivity contribution is 5.74. The minimum Gasteiger partial charge on any atom is -0.381 e. The lowest BCUT2D eigenvalue weighted by molar-refractivity contribution is 0.193. The van der Waals surface area contributed by atoms with Gasteiger partial charge in [-0.2, -0.15) is 0 Å². The van der Waals surface area contributed by atoms with Crippen LogP contribution in [0.5, 0.6) is 0 Å². The summed E-state index contributed by atoms with van der Waals surface area (Å²) in [4.78, 5) is 13.3. The van der Waals surface area contributed by atoms with Gasteiger partial charge in [0.15, 0.2) is 5.65 Å². The van der Waals surface area contributed by atoms with Gasteiger partial charge in [-0.15, -0.1) is 0 Å². The first-order chi connectivity index (χ1) is 9.93. The molecule has 4 rings (SSSR count). The molecule has 0 radical (unpaired) electrons. The van der Waals surface area contributed by atoms with Crippen molar-refractivity contribution in [1.82, 2.24) is 19.5 Å². The van der Waals surface area contributed by atoms with Crippen molar-refractivity contribution in [1.29, 1.82) is 0 Å². The van der Waals surface area contributed by atoms with Crippen LogP contribution < -0.4 is 0 Å². The maximum atomic E-state index is 5.51. The predicted molar refractivity (Wildman–Crippen MR) is 74.8 cm³/mol. The van der Waals surface area contributed by atoms with Crippen LogP contribution in [0.3, 0.4) is 0 Å². The van der Waals surface area contributed by atoms with Gasteiger partial charge in [-0.25, -0.2) is 9.97 Å². The third kappa shape index (κ3) is 1.78. The Hall–Kier alpha value is -2.27. The van der Waals surface area contributed by atoms with E-state index in [1.54, 1.807) is 18.6 Å². The lowest BCUT2D eigenvalue weighted by Gasteiger charge is -2.11. The second kappa shape index (κ2) is 4.68. The van der Waals surface area contributed by atoms with Crippen LogP contribution in [0, 0.1) is 0 Å². The third-order valence-corrected chi connectivity index (χ3v) is 3.66. The zero-order chi connectivity index (χ0) is 13.4. The Balaban J connectivity index is 1.98. The van der Waals surface area contributed by atoms with E-state index in [9.17, 15) is 0 Å². The van der Waals surface area contributed by atoms with Gasteiger partial charge in [-0.3, -0.25) is 9.55 Å². The van der Waals surface area contributed by atoms with E-state index in [1.807, 2.05) is 24.3 Å². The molecule has 0 aliphatic carbocycles. The summed E-state index contributed by atoms with van der Waals surface area (Å²) in [5.41, 5.74) is 2.86. The number of ether oxygens (including phenoxy) is 1. The van der Waals surface area contributed by atoms with Crippen molar-refractivity contribution >= 4 is 11.2 Å². The van der Waals surface area contributed by atoms with E-state index < -0.39 is 0 Å². The van der Waals surface area contributed by atoms with Gasteiger partial charge in [-0.1, -0.05) is 0 Å². The Labute approximate surface area is 116 Å². The second-order valence-corrected chi connectivity index (χ2v) is 4.92. The van der Waals surface area contributed by atoms with Crippen LogP contribution in [0.25, 0.3) is 16.9 Å². The molecular weight excluding hydrogens is 252 g/mol. The van der Waals surface area contributed by atoms with Gasteiger partial charge in [0.2, 0.25) is 0 Å². The van der Waals surface area contributed by atoms with Crippen LogP contribution in [-0.2, 0) is 4.74 Å². The Kier molecular flexibility index (Phi) is 2.70. The molecule has 1 aliphatic heterocycles. The minimum atomic E-state index is 0.331. The first-order valence-corrected chi connectivity index (χ1v) is 6.75. The fourth-order valence-electron chi connectivity index (χ4n) is 2.69. The van der Waals surface area contributed by atoms with Crippen LogP contribution in [0.15, 0.2) is 42.9 Å². The van der Waals surface area contributed by atoms with Crippen LogP contribution >= 0.6 is 0 Å². The van der Waals surface area contributed by atoms with E-state index in [2.05, 4.69) is 14.5 Å². The smallest absolute Gasteiger partial charge is 0.164 e. The molecule has 1 fully saturated rings. The number of imidazole rings is 1. The van der Waals surface area contributed by atoms with Gasteiger partial charge in [0.1, 0.15) is 11.3 Å². The molecule has 100 valence electrons. The van der Waals surface area contributed by atoms with Crippen LogP contribution in [0.1, 0.15) is 18.2 Å². The van der Waals surface area contributed by atoms with Gasteiger partial charge in [-0.05, 0) is 30.7 Å². The molecule has 0 spiro atoms. The van der Waals surface area contributed by atoms with Gasteiger partial charge in [0.25, 0.3) is 0 Å². The van der Waals surface area contributed by atoms with Crippen LogP contribution in [-0.4, -0.2) is 32.7 Å². The summed E-state index contributed by atoms with van der Waals surface area (Å²) in [5.74, 6) is 1.36. The second-order valence-electron chi connectivity index (χ2n) is 4.92. The maximum Gasteiger partial charge on any atom is 0.164 e. The van der Waals surface area contributed by atoms with Gasteiger partial charge in [0.05, 0.1) is 12.3 Å². The van der Waals surface area contributed by atoms with Crippen molar-refractivity contribution in [2.75, 3.05) is 13.2 Å². The Morgan fingerprint density at radius 3 is 2.85 bits per heavy atom. The molecule has 1 saturated heterocycles. The van der Waals surface area contributed by atoms with E-state index in [0.717, 1.165) is 42.3 Å². The first kappa shape index (κ1) is 11.5. The fraction of sp³-hybridized carbons (Fsp3) is 0.267. The molecule has 5 heteroatoms. The van der Waals surface area contributed by atoms with Gasteiger partial charge >= 0.3 is 0 Å². The lowest BCUT2D eigenvalue weighted by atomic mass is 10.1. The van der Waals surface area contributed by atoms with Crippen LogP contribution in [0.4, 0.5) is 0 Å². The summed E-state index contributed by atoms with van der Waals surface area (Å²) in [7, 11) is 0. The summed E-state index contributed by atoms with van der Waals surface area (Å²) >= 11 is 0. The Morgan fingerprint density at radius 1 is 1.15 bits per heavy atom. The number of fused-ring (bicyclic) bond motifs is 1. The number of nitrogens with zero attached hydrogens (tertiary/aromatic N) is 4. The average molecular weight is 266 g/mol. The Morgan fingerprint density at radius 2 is 2.05 bits per heavy atom. The molecule has 20 heavy (non-hydrogen) atoms. The molecule has 1 atom stereocenters. The normalized spacial score (nSPS) is 18.7. The molecule has 4 heterocycles. The summed E-state index contributed by atoms with van der Waals surface area (Å²) in [6.45, 7) is 1.53. The largest absolute Gasteiger partial charge is 0.381 e. The fourth-order valence-corrected chi connectivity index (χ4v) is 2.69. The summed E-state index contributed by atoms with van der Waals surface area (Å²) in [6.07, 6.45) is 6.39. The van der Waals surface area contributed by atoms with E-state index in [1.165, 1.54) is 0 Å². The highest BCUT2D eigenvalue weighted by atomic mass is 16.5. The summed E-state index contributed by atoms with van der Waals surface area (Å²) < 4.78 is 7.63. The summed E-state index contributed by atoms with van der Waals surface area (Å²) in [6, 6.07) is 7.88. The molecule has 0 bridgehead atoms. The van der Waals surface area contributed by atoms with E-state index in [-0.39, 0.29) is 0 Å². The lowest BCUT2D eigenvalue weighted by Crippen LogP contribution is -2.08. The van der Waals surface area contributed by atoms with Crippen molar-refractivity contribution < 1.29 is 4.74 Å². The molecule has 0 amide bonds. The number of hydrogen-bond donors (Lipinski definition) is 0. The van der Waals surface area contributed by atoms with Crippen LogP contribution in [0.2, 0.25) is 0 Å². The van der Waals surface area contributed by atoms with Crippen molar-refractivity contribution in [3.05, 3.63) is 48.7 Å². The number of pyridine rings is 2. The topological polar surface area (TPSA) is 52.8 Å². The SMILES string of the molecule is c1cnc2c(c1)nc(C1CCOC1)n2-c1ccncc1. The van der Waals surface area contributed by atoms with Gasteiger partial charge in [0, 0.05) is 31.1 Å². The summed E-state index contributed by atoms with van der Waals surface area (Å²) in [5, 5.41) is 0. The van der Waals surface area contributed by atoms with Gasteiger partial charge < -0.3 is 4.74 Å². The van der Waals surface area contributed by atoms with Crippen molar-refractivity contribution in [2.24, 2.45) is 0 Å². The molecule has 1 aliphatic rings. The molecule has 5 nitrogen and oxygen atoms in total. The highest BCUT2D eigenvalue weighted by Gasteiger charge is 2.25. The zero-order valence-electron chi connectivity index (χ0n) is 10.9. The van der Waals surface area contributed by atoms with E-state index in [4.69, 9.17) is 9.72 Å². The average Bonchev–Trinajstić information content (AvgIpc) is 3.15. The van der Waals surface area contributed by atoms with Crippen molar-refractivity contribution in [2.45, 2.75) is 12.3 Å². The quantitative estimate of drug-likeness (QED) is 0.714. The van der Waals surface area contributed by atoms with Crippen molar-refractivity contribution in [3.63, 3.8) is 0 Å². The zero-order valence-corrected chi connectivity index (χ0v) is 10.9. The number of aromatic nitrogens is 4. The monoisotopic (exact) mass is 266 g/mol. The molecule has 0 aromatic carbocycles. The molecule has 3 aromatic heterocycles. The molecule has 1 unspecified atom stereocenters. The minimum absolute atomic E-state index is 0.331. The molecule has 3 aromatic rings. The third-order valence-electron chi connectivity index (χ3n) is 3.66. The highest BCUT2D eigenvalue weighted by Crippen LogP contribution is 2.29. The number of rotatable bonds is 2. The standard InChI is InChI=1S/C15H14N4O/c1-2-13-15(17-6-1)19(12-3-7-16-8-4-12)14(18-13)11-5-9-20-10-11/h1-4,6-8,11H,5,9-10H2. The molecular formula is C15H14N4O. The number of hydrogen-bond acceptors (Lipinski definition) is 4. The predicted octanol–water partition coefficient (Wildman–Crippen LogP) is 2.32. The Bertz CT molecular complexity index is 732. The first-order valence-electron chi connectivity index (χ1n) is 6.75. The molecule has 0 N–H and O–H groups in total. The molecule has 0 saturated carbocycles. The maximum absolute atomic E-state index is 5.51. The van der Waals surface area contributed by atoms with Crippen molar-refractivity contribution in [3.8, 4) is 5.69 Å². The van der Waals surface area contributed by atoms with E-state index in [0.29, 0.717) is 5.92 Å². The van der Waals surface area contributed by atoms with E-state index >= 15 is 0 Å².